The van der Waals surface area contributed by atoms with Crippen molar-refractivity contribution in [2.75, 3.05) is 7.11 Å². The van der Waals surface area contributed by atoms with Gasteiger partial charge in [0.1, 0.15) is 5.75 Å². The lowest BCUT2D eigenvalue weighted by molar-refractivity contribution is 0.414. The van der Waals surface area contributed by atoms with Gasteiger partial charge in [-0.05, 0) is 36.5 Å². The number of hydrogen-bond acceptors (Lipinski definition) is 1. The third kappa shape index (κ3) is 2.54. The Balaban J connectivity index is 2.19. The van der Waals surface area contributed by atoms with Gasteiger partial charge in [-0.1, -0.05) is 46.4 Å². The second-order valence-electron chi connectivity index (χ2n) is 4.33. The van der Waals surface area contributed by atoms with Crippen LogP contribution in [0.2, 0.25) is 5.02 Å². The quantitative estimate of drug-likeness (QED) is 0.716. The molecule has 0 radical (unpaired) electrons. The van der Waals surface area contributed by atoms with Gasteiger partial charge in [-0.2, -0.15) is 0 Å². The minimum Gasteiger partial charge on any atom is -0.497 e. The van der Waals surface area contributed by atoms with Crippen molar-refractivity contribution in [3.8, 4) is 5.75 Å². The lowest BCUT2D eigenvalue weighted by Gasteiger charge is -2.19. The Labute approximate surface area is 110 Å². The first-order valence-corrected chi connectivity index (χ1v) is 6.99. The number of alkyl halides is 1. The summed E-state index contributed by atoms with van der Waals surface area (Å²) in [6.45, 7) is 0. The molecule has 0 bridgehead atoms. The van der Waals surface area contributed by atoms with Crippen LogP contribution >= 0.6 is 27.5 Å². The van der Waals surface area contributed by atoms with E-state index < -0.39 is 0 Å². The maximum atomic E-state index is 6.27. The van der Waals surface area contributed by atoms with Crippen molar-refractivity contribution in [1.82, 2.24) is 0 Å². The van der Waals surface area contributed by atoms with E-state index >= 15 is 0 Å². The van der Waals surface area contributed by atoms with Crippen LogP contribution in [0.4, 0.5) is 0 Å². The zero-order valence-electron chi connectivity index (χ0n) is 9.38. The molecule has 0 amide bonds. The highest BCUT2D eigenvalue weighted by Crippen LogP contribution is 2.43. The summed E-state index contributed by atoms with van der Waals surface area (Å²) >= 11 is 10.1. The second kappa shape index (κ2) is 5.42. The van der Waals surface area contributed by atoms with Crippen LogP contribution < -0.4 is 4.74 Å². The summed E-state index contributed by atoms with van der Waals surface area (Å²) in [4.78, 5) is 0.383. The van der Waals surface area contributed by atoms with Gasteiger partial charge in [0.05, 0.1) is 7.11 Å². The Morgan fingerprint density at radius 3 is 2.62 bits per heavy atom. The van der Waals surface area contributed by atoms with E-state index in [4.69, 9.17) is 16.3 Å². The SMILES string of the molecule is COc1ccc(C(Br)C2CCCC2)c(Cl)c1. The molecule has 0 N–H and O–H groups in total. The Bertz CT molecular complexity index is 361. The van der Waals surface area contributed by atoms with Crippen LogP contribution in [0.15, 0.2) is 18.2 Å². The van der Waals surface area contributed by atoms with Crippen molar-refractivity contribution < 1.29 is 4.74 Å². The molecule has 1 fully saturated rings. The fourth-order valence-electron chi connectivity index (χ4n) is 2.36. The largest absolute Gasteiger partial charge is 0.497 e. The summed E-state index contributed by atoms with van der Waals surface area (Å²) in [6.07, 6.45) is 5.30. The third-order valence-corrected chi connectivity index (χ3v) is 4.89. The van der Waals surface area contributed by atoms with E-state index in [0.717, 1.165) is 16.7 Å². The van der Waals surface area contributed by atoms with Crippen LogP contribution in [-0.4, -0.2) is 7.11 Å². The maximum Gasteiger partial charge on any atom is 0.120 e. The third-order valence-electron chi connectivity index (χ3n) is 3.32. The molecule has 1 aromatic carbocycles. The zero-order valence-corrected chi connectivity index (χ0v) is 11.7. The minimum absolute atomic E-state index is 0.383. The number of methoxy groups -OCH3 is 1. The molecular weight excluding hydrogens is 287 g/mol. The molecule has 0 aliphatic heterocycles. The summed E-state index contributed by atoms with van der Waals surface area (Å²) in [7, 11) is 1.66. The van der Waals surface area contributed by atoms with Crippen LogP contribution in [0.5, 0.6) is 5.75 Å². The predicted octanol–water partition coefficient (Wildman–Crippen LogP) is 4.97. The lowest BCUT2D eigenvalue weighted by atomic mass is 9.98. The summed E-state index contributed by atoms with van der Waals surface area (Å²) in [5.41, 5.74) is 1.19. The molecule has 3 heteroatoms. The summed E-state index contributed by atoms with van der Waals surface area (Å²) < 4.78 is 5.16. The molecule has 16 heavy (non-hydrogen) atoms. The van der Waals surface area contributed by atoms with Gasteiger partial charge >= 0.3 is 0 Å². The average Bonchev–Trinajstić information content (AvgIpc) is 2.81. The van der Waals surface area contributed by atoms with Gasteiger partial charge in [-0.3, -0.25) is 0 Å². The topological polar surface area (TPSA) is 9.23 Å². The normalized spacial score (nSPS) is 18.7. The molecule has 1 atom stereocenters. The highest BCUT2D eigenvalue weighted by Gasteiger charge is 2.25. The maximum absolute atomic E-state index is 6.27. The van der Waals surface area contributed by atoms with E-state index in [-0.39, 0.29) is 0 Å². The van der Waals surface area contributed by atoms with Gasteiger partial charge in [0.15, 0.2) is 0 Å². The monoisotopic (exact) mass is 302 g/mol. The Morgan fingerprint density at radius 1 is 1.38 bits per heavy atom. The van der Waals surface area contributed by atoms with E-state index in [1.165, 1.54) is 31.2 Å². The first-order chi connectivity index (χ1) is 7.72. The molecule has 1 aromatic rings. The molecular formula is C13H16BrClO. The Kier molecular flexibility index (Phi) is 4.15. The van der Waals surface area contributed by atoms with Crippen LogP contribution in [0, 0.1) is 5.92 Å². The Hall–Kier alpha value is -0.210. The number of ether oxygens (including phenoxy) is 1. The standard InChI is InChI=1S/C13H16BrClO/c1-16-10-6-7-11(12(15)8-10)13(14)9-4-2-3-5-9/h6-9,13H,2-5H2,1H3. The molecule has 1 aliphatic carbocycles. The van der Waals surface area contributed by atoms with Gasteiger partial charge in [0.25, 0.3) is 0 Å². The summed E-state index contributed by atoms with van der Waals surface area (Å²) in [5.74, 6) is 1.55. The van der Waals surface area contributed by atoms with Crippen LogP contribution in [0.1, 0.15) is 36.1 Å². The van der Waals surface area contributed by atoms with E-state index in [1.807, 2.05) is 12.1 Å². The number of rotatable bonds is 3. The Morgan fingerprint density at radius 2 is 2.06 bits per heavy atom. The van der Waals surface area contributed by atoms with Crippen molar-refractivity contribution in [3.63, 3.8) is 0 Å². The predicted molar refractivity (Wildman–Crippen MR) is 71.6 cm³/mol. The molecule has 0 spiro atoms. The van der Waals surface area contributed by atoms with Gasteiger partial charge in [0, 0.05) is 9.85 Å². The lowest BCUT2D eigenvalue weighted by Crippen LogP contribution is -2.03. The molecule has 1 unspecified atom stereocenters. The van der Waals surface area contributed by atoms with Gasteiger partial charge in [-0.15, -0.1) is 0 Å². The molecule has 88 valence electrons. The smallest absolute Gasteiger partial charge is 0.120 e. The van der Waals surface area contributed by atoms with E-state index in [1.54, 1.807) is 7.11 Å². The summed E-state index contributed by atoms with van der Waals surface area (Å²) in [6, 6.07) is 5.93. The van der Waals surface area contributed by atoms with Gasteiger partial charge in [0.2, 0.25) is 0 Å². The zero-order chi connectivity index (χ0) is 11.5. The molecule has 0 aromatic heterocycles. The van der Waals surface area contributed by atoms with Crippen LogP contribution in [0.3, 0.4) is 0 Å². The van der Waals surface area contributed by atoms with E-state index in [0.29, 0.717) is 4.83 Å². The molecule has 1 saturated carbocycles. The second-order valence-corrected chi connectivity index (χ2v) is 5.73. The fraction of sp³-hybridized carbons (Fsp3) is 0.538. The van der Waals surface area contributed by atoms with Crippen molar-refractivity contribution in [3.05, 3.63) is 28.8 Å². The number of halogens is 2. The summed E-state index contributed by atoms with van der Waals surface area (Å²) in [5, 5.41) is 0.799. The number of benzene rings is 1. The average molecular weight is 304 g/mol. The van der Waals surface area contributed by atoms with Crippen molar-refractivity contribution in [2.45, 2.75) is 30.5 Å². The first-order valence-electron chi connectivity index (χ1n) is 5.70. The van der Waals surface area contributed by atoms with Gasteiger partial charge < -0.3 is 4.74 Å². The van der Waals surface area contributed by atoms with Crippen molar-refractivity contribution in [1.29, 1.82) is 0 Å². The fourth-order valence-corrected chi connectivity index (χ4v) is 3.71. The van der Waals surface area contributed by atoms with Crippen LogP contribution in [-0.2, 0) is 0 Å². The molecule has 0 saturated heterocycles. The van der Waals surface area contributed by atoms with E-state index in [9.17, 15) is 0 Å². The van der Waals surface area contributed by atoms with Crippen LogP contribution in [0.25, 0.3) is 0 Å². The number of hydrogen-bond donors (Lipinski definition) is 0. The molecule has 2 rings (SSSR count). The first kappa shape index (κ1) is 12.3. The molecule has 0 heterocycles. The minimum atomic E-state index is 0.383. The van der Waals surface area contributed by atoms with Crippen molar-refractivity contribution in [2.24, 2.45) is 5.92 Å². The van der Waals surface area contributed by atoms with E-state index in [2.05, 4.69) is 22.0 Å². The highest BCUT2D eigenvalue weighted by atomic mass is 79.9. The molecule has 1 nitrogen and oxygen atoms in total. The van der Waals surface area contributed by atoms with Crippen molar-refractivity contribution >= 4 is 27.5 Å². The highest BCUT2D eigenvalue weighted by molar-refractivity contribution is 9.09. The van der Waals surface area contributed by atoms with Gasteiger partial charge in [-0.25, -0.2) is 0 Å². The molecule has 1 aliphatic rings.